The minimum Gasteiger partial charge on any atom is -0.491 e. The Morgan fingerprint density at radius 3 is 2.62 bits per heavy atom. The SMILES string of the molecule is Cc1ccc(C(=O)N(CC2CC2)C[C@H]2CN(C[C@@H](O)COc3ccccc3)CCO2)cc1. The largest absolute Gasteiger partial charge is 0.491 e. The van der Waals surface area contributed by atoms with Gasteiger partial charge in [-0.25, -0.2) is 0 Å². The van der Waals surface area contributed by atoms with E-state index in [1.54, 1.807) is 0 Å². The van der Waals surface area contributed by atoms with E-state index in [9.17, 15) is 9.90 Å². The van der Waals surface area contributed by atoms with E-state index < -0.39 is 6.10 Å². The Kier molecular flexibility index (Phi) is 7.79. The van der Waals surface area contributed by atoms with Crippen molar-refractivity contribution in [3.63, 3.8) is 0 Å². The Morgan fingerprint density at radius 2 is 1.91 bits per heavy atom. The monoisotopic (exact) mass is 438 g/mol. The van der Waals surface area contributed by atoms with E-state index in [4.69, 9.17) is 9.47 Å². The molecule has 172 valence electrons. The third kappa shape index (κ3) is 6.79. The Labute approximate surface area is 190 Å². The van der Waals surface area contributed by atoms with Crippen LogP contribution in [-0.2, 0) is 4.74 Å². The lowest BCUT2D eigenvalue weighted by Gasteiger charge is -2.36. The van der Waals surface area contributed by atoms with Gasteiger partial charge in [-0.3, -0.25) is 9.69 Å². The molecule has 2 aromatic carbocycles. The van der Waals surface area contributed by atoms with E-state index in [0.717, 1.165) is 30.0 Å². The van der Waals surface area contributed by atoms with Gasteiger partial charge in [0.05, 0.1) is 12.7 Å². The number of para-hydroxylation sites is 1. The highest BCUT2D eigenvalue weighted by Gasteiger charge is 2.31. The molecule has 6 nitrogen and oxygen atoms in total. The number of carbonyl (C=O) groups is 1. The first-order valence-corrected chi connectivity index (χ1v) is 11.6. The second-order valence-electron chi connectivity index (χ2n) is 9.05. The number of amides is 1. The van der Waals surface area contributed by atoms with Gasteiger partial charge in [0, 0.05) is 38.3 Å². The summed E-state index contributed by atoms with van der Waals surface area (Å²) in [6.07, 6.45) is 1.76. The zero-order valence-electron chi connectivity index (χ0n) is 18.9. The van der Waals surface area contributed by atoms with Crippen molar-refractivity contribution in [2.75, 3.05) is 45.9 Å². The van der Waals surface area contributed by atoms with Crippen molar-refractivity contribution in [2.24, 2.45) is 5.92 Å². The molecule has 1 N–H and O–H groups in total. The van der Waals surface area contributed by atoms with E-state index >= 15 is 0 Å². The zero-order chi connectivity index (χ0) is 22.3. The van der Waals surface area contributed by atoms with Gasteiger partial charge in [-0.1, -0.05) is 35.9 Å². The molecule has 1 saturated heterocycles. The number of hydrogen-bond donors (Lipinski definition) is 1. The lowest BCUT2D eigenvalue weighted by Crippen LogP contribution is -2.51. The molecule has 32 heavy (non-hydrogen) atoms. The number of aliphatic hydroxyl groups excluding tert-OH is 1. The topological polar surface area (TPSA) is 62.2 Å². The number of ether oxygens (including phenoxy) is 2. The van der Waals surface area contributed by atoms with Crippen molar-refractivity contribution < 1.29 is 19.4 Å². The molecular weight excluding hydrogens is 404 g/mol. The molecule has 0 spiro atoms. The number of carbonyl (C=O) groups excluding carboxylic acids is 1. The van der Waals surface area contributed by atoms with Crippen molar-refractivity contribution in [1.82, 2.24) is 9.80 Å². The predicted octanol–water partition coefficient (Wildman–Crippen LogP) is 2.99. The van der Waals surface area contributed by atoms with Gasteiger partial charge in [-0.2, -0.15) is 0 Å². The van der Waals surface area contributed by atoms with E-state index in [-0.39, 0.29) is 18.6 Å². The van der Waals surface area contributed by atoms with E-state index in [1.165, 1.54) is 12.8 Å². The Morgan fingerprint density at radius 1 is 1.16 bits per heavy atom. The number of hydrogen-bond acceptors (Lipinski definition) is 5. The number of aliphatic hydroxyl groups is 1. The number of morpholine rings is 1. The molecule has 1 amide bonds. The van der Waals surface area contributed by atoms with Crippen LogP contribution in [0.2, 0.25) is 0 Å². The van der Waals surface area contributed by atoms with Crippen LogP contribution in [0.1, 0.15) is 28.8 Å². The molecule has 1 aliphatic carbocycles. The summed E-state index contributed by atoms with van der Waals surface area (Å²) < 4.78 is 11.7. The van der Waals surface area contributed by atoms with Gasteiger partial charge in [0.15, 0.2) is 0 Å². The van der Waals surface area contributed by atoms with Crippen LogP contribution >= 0.6 is 0 Å². The minimum absolute atomic E-state index is 0.0564. The quantitative estimate of drug-likeness (QED) is 0.618. The van der Waals surface area contributed by atoms with Gasteiger partial charge in [-0.05, 0) is 49.9 Å². The summed E-state index contributed by atoms with van der Waals surface area (Å²) in [5.41, 5.74) is 1.88. The van der Waals surface area contributed by atoms with Crippen LogP contribution in [0.15, 0.2) is 54.6 Å². The van der Waals surface area contributed by atoms with E-state index in [2.05, 4.69) is 4.90 Å². The van der Waals surface area contributed by atoms with E-state index in [0.29, 0.717) is 32.2 Å². The number of aryl methyl sites for hydroxylation is 1. The van der Waals surface area contributed by atoms with Gasteiger partial charge < -0.3 is 19.5 Å². The fraction of sp³-hybridized carbons (Fsp3) is 0.500. The minimum atomic E-state index is -0.578. The van der Waals surface area contributed by atoms with Gasteiger partial charge >= 0.3 is 0 Å². The van der Waals surface area contributed by atoms with Gasteiger partial charge in [0.2, 0.25) is 0 Å². The average Bonchev–Trinajstić information content (AvgIpc) is 3.62. The van der Waals surface area contributed by atoms with Crippen molar-refractivity contribution in [3.05, 3.63) is 65.7 Å². The molecule has 0 radical (unpaired) electrons. The third-order valence-corrected chi connectivity index (χ3v) is 6.06. The van der Waals surface area contributed by atoms with Crippen LogP contribution in [0, 0.1) is 12.8 Å². The normalized spacial score (nSPS) is 20.0. The first-order valence-electron chi connectivity index (χ1n) is 11.6. The van der Waals surface area contributed by atoms with Crippen LogP contribution < -0.4 is 4.74 Å². The number of rotatable bonds is 10. The van der Waals surface area contributed by atoms with E-state index in [1.807, 2.05) is 66.4 Å². The highest BCUT2D eigenvalue weighted by molar-refractivity contribution is 5.94. The summed E-state index contributed by atoms with van der Waals surface area (Å²) >= 11 is 0. The fourth-order valence-electron chi connectivity index (χ4n) is 4.09. The standard InChI is InChI=1S/C26H34N2O4/c1-20-7-11-22(12-8-20)26(30)28(15-21-9-10-21)18-25-17-27(13-14-31-25)16-23(29)19-32-24-5-3-2-4-6-24/h2-8,11-12,21,23,25,29H,9-10,13-19H2,1H3/t23-,25-/m1/s1. The molecule has 2 atom stereocenters. The van der Waals surface area contributed by atoms with Crippen molar-refractivity contribution in [2.45, 2.75) is 32.0 Å². The predicted molar refractivity (Wildman–Crippen MR) is 124 cm³/mol. The molecule has 1 saturated carbocycles. The maximum absolute atomic E-state index is 13.2. The van der Waals surface area contributed by atoms with Crippen LogP contribution in [0.3, 0.4) is 0 Å². The van der Waals surface area contributed by atoms with Crippen LogP contribution in [0.25, 0.3) is 0 Å². The lowest BCUT2D eigenvalue weighted by atomic mass is 10.1. The van der Waals surface area contributed by atoms with Crippen molar-refractivity contribution >= 4 is 5.91 Å². The summed E-state index contributed by atoms with van der Waals surface area (Å²) in [5.74, 6) is 1.45. The van der Waals surface area contributed by atoms with Crippen molar-refractivity contribution in [3.8, 4) is 5.75 Å². The average molecular weight is 439 g/mol. The second-order valence-corrected chi connectivity index (χ2v) is 9.05. The summed E-state index contributed by atoms with van der Waals surface area (Å²) in [7, 11) is 0. The Hall–Kier alpha value is -2.41. The van der Waals surface area contributed by atoms with Crippen LogP contribution in [-0.4, -0.2) is 79.0 Å². The lowest BCUT2D eigenvalue weighted by molar-refractivity contribution is -0.0538. The molecule has 1 heterocycles. The molecule has 2 aliphatic rings. The Balaban J connectivity index is 1.29. The molecular formula is C26H34N2O4. The maximum atomic E-state index is 13.2. The smallest absolute Gasteiger partial charge is 0.253 e. The number of β-amino-alcohol motifs (C(OH)–C–C–N with tert-alkyl or cyclic N) is 1. The fourth-order valence-corrected chi connectivity index (χ4v) is 4.09. The maximum Gasteiger partial charge on any atom is 0.253 e. The molecule has 2 aromatic rings. The molecule has 0 bridgehead atoms. The van der Waals surface area contributed by atoms with Gasteiger partial charge in [0.1, 0.15) is 18.5 Å². The summed E-state index contributed by atoms with van der Waals surface area (Å²) in [5, 5.41) is 10.4. The highest BCUT2D eigenvalue weighted by atomic mass is 16.5. The molecule has 4 rings (SSSR count). The summed E-state index contributed by atoms with van der Waals surface area (Å²) in [4.78, 5) is 17.3. The third-order valence-electron chi connectivity index (χ3n) is 6.06. The second kappa shape index (κ2) is 10.9. The first-order chi connectivity index (χ1) is 15.6. The van der Waals surface area contributed by atoms with Crippen LogP contribution in [0.5, 0.6) is 5.75 Å². The summed E-state index contributed by atoms with van der Waals surface area (Å²) in [6.45, 7) is 6.26. The summed E-state index contributed by atoms with van der Waals surface area (Å²) in [6, 6.07) is 17.3. The molecule has 2 fully saturated rings. The van der Waals surface area contributed by atoms with Crippen molar-refractivity contribution in [1.29, 1.82) is 0 Å². The first kappa shape index (κ1) is 22.8. The molecule has 0 unspecified atom stereocenters. The van der Waals surface area contributed by atoms with Gasteiger partial charge in [-0.15, -0.1) is 0 Å². The number of benzene rings is 2. The number of nitrogens with zero attached hydrogens (tertiary/aromatic N) is 2. The molecule has 1 aliphatic heterocycles. The van der Waals surface area contributed by atoms with Crippen LogP contribution in [0.4, 0.5) is 0 Å². The molecule has 6 heteroatoms. The zero-order valence-corrected chi connectivity index (χ0v) is 18.9. The Bertz CT molecular complexity index is 854. The highest BCUT2D eigenvalue weighted by Crippen LogP contribution is 2.30. The van der Waals surface area contributed by atoms with Gasteiger partial charge in [0.25, 0.3) is 5.91 Å². The molecule has 0 aromatic heterocycles.